The number of nitriles is 1. The summed E-state index contributed by atoms with van der Waals surface area (Å²) in [5, 5.41) is 18.0. The van der Waals surface area contributed by atoms with Gasteiger partial charge < -0.3 is 9.88 Å². The van der Waals surface area contributed by atoms with Gasteiger partial charge in [0.15, 0.2) is 0 Å². The summed E-state index contributed by atoms with van der Waals surface area (Å²) >= 11 is 5.88. The van der Waals surface area contributed by atoms with Crippen LogP contribution in [0.2, 0.25) is 5.28 Å². The van der Waals surface area contributed by atoms with E-state index in [2.05, 4.69) is 31.2 Å². The van der Waals surface area contributed by atoms with E-state index in [0.717, 1.165) is 16.9 Å². The summed E-state index contributed by atoms with van der Waals surface area (Å²) < 4.78 is 2.93. The van der Waals surface area contributed by atoms with Crippen molar-refractivity contribution >= 4 is 23.0 Å². The maximum atomic E-state index is 13.3. The number of aromatic nitrogens is 7. The summed E-state index contributed by atoms with van der Waals surface area (Å²) in [5.41, 5.74) is 3.45. The Kier molecular flexibility index (Phi) is 3.85. The predicted octanol–water partition coefficient (Wildman–Crippen LogP) is 1.50. The molecule has 0 fully saturated rings. The number of aromatic amines is 1. The van der Waals surface area contributed by atoms with Crippen LogP contribution in [-0.2, 0) is 13.5 Å². The Morgan fingerprint density at radius 1 is 1.38 bits per heavy atom. The predicted molar refractivity (Wildman–Crippen MR) is 101 cm³/mol. The quantitative estimate of drug-likeness (QED) is 0.537. The monoisotopic (exact) mass is 407 g/mol. The van der Waals surface area contributed by atoms with Crippen molar-refractivity contribution in [3.63, 3.8) is 0 Å². The van der Waals surface area contributed by atoms with Crippen molar-refractivity contribution in [1.29, 1.82) is 5.26 Å². The highest BCUT2D eigenvalue weighted by Gasteiger charge is 2.37. The molecular formula is C18H14ClN9O. The van der Waals surface area contributed by atoms with Crippen LogP contribution in [-0.4, -0.2) is 51.7 Å². The SMILES string of the molecule is Cn1nc(Cl)nc1C(=O)N1CCc2[nH]cnc2[C@H]1c1cc2cccc(C#N)n2n1. The normalized spacial score (nSPS) is 16.0. The molecule has 0 aromatic carbocycles. The molecule has 1 amide bonds. The molecule has 1 N–H and O–H groups in total. The molecule has 0 radical (unpaired) electrons. The number of aryl methyl sites for hydroxylation is 1. The summed E-state index contributed by atoms with van der Waals surface area (Å²) in [7, 11) is 1.62. The van der Waals surface area contributed by atoms with Gasteiger partial charge >= 0.3 is 0 Å². The minimum absolute atomic E-state index is 0.0104. The van der Waals surface area contributed by atoms with Gasteiger partial charge in [0, 0.05) is 25.7 Å². The van der Waals surface area contributed by atoms with Gasteiger partial charge in [0.05, 0.1) is 23.2 Å². The zero-order valence-electron chi connectivity index (χ0n) is 15.2. The number of rotatable bonds is 2. The number of fused-ring (bicyclic) bond motifs is 2. The maximum Gasteiger partial charge on any atom is 0.292 e. The molecule has 0 bridgehead atoms. The van der Waals surface area contributed by atoms with Crippen LogP contribution in [0.5, 0.6) is 0 Å². The van der Waals surface area contributed by atoms with E-state index < -0.39 is 6.04 Å². The summed E-state index contributed by atoms with van der Waals surface area (Å²) in [4.78, 5) is 26.6. The highest BCUT2D eigenvalue weighted by molar-refractivity contribution is 6.28. The number of imidazole rings is 1. The minimum Gasteiger partial charge on any atom is -0.348 e. The standard InChI is InChI=1S/C18H14ClN9O/c1-26-16(23-18(19)25-26)17(29)27-6-5-12-14(22-9-21-12)15(27)13-7-10-3-2-4-11(8-20)28(10)24-13/h2-4,7,9,15H,5-6H2,1H3,(H,21,22)/t15-/m1/s1. The molecule has 0 saturated carbocycles. The van der Waals surface area contributed by atoms with Crippen LogP contribution in [0.1, 0.15) is 39.4 Å². The van der Waals surface area contributed by atoms with Gasteiger partial charge in [-0.05, 0) is 29.8 Å². The van der Waals surface area contributed by atoms with E-state index >= 15 is 0 Å². The van der Waals surface area contributed by atoms with Gasteiger partial charge in [-0.25, -0.2) is 14.2 Å². The van der Waals surface area contributed by atoms with Gasteiger partial charge in [0.1, 0.15) is 17.8 Å². The van der Waals surface area contributed by atoms with Crippen LogP contribution in [0, 0.1) is 11.3 Å². The van der Waals surface area contributed by atoms with Crippen molar-refractivity contribution in [1.82, 2.24) is 39.2 Å². The van der Waals surface area contributed by atoms with Crippen LogP contribution in [0.15, 0.2) is 30.6 Å². The Hall–Kier alpha value is -3.71. The van der Waals surface area contributed by atoms with Crippen LogP contribution >= 0.6 is 11.6 Å². The number of amides is 1. The zero-order valence-corrected chi connectivity index (χ0v) is 16.0. The van der Waals surface area contributed by atoms with Crippen LogP contribution < -0.4 is 0 Å². The first-order valence-corrected chi connectivity index (χ1v) is 9.23. The fraction of sp³-hybridized carbons (Fsp3) is 0.222. The van der Waals surface area contributed by atoms with E-state index in [9.17, 15) is 10.1 Å². The lowest BCUT2D eigenvalue weighted by atomic mass is 9.99. The molecule has 1 aliphatic heterocycles. The second kappa shape index (κ2) is 6.42. The van der Waals surface area contributed by atoms with Crippen molar-refractivity contribution in [3.8, 4) is 6.07 Å². The molecule has 5 heterocycles. The number of halogens is 1. The van der Waals surface area contributed by atoms with Gasteiger partial charge in [-0.2, -0.15) is 15.3 Å². The van der Waals surface area contributed by atoms with Gasteiger partial charge in [-0.1, -0.05) is 6.07 Å². The van der Waals surface area contributed by atoms with Crippen LogP contribution in [0.3, 0.4) is 0 Å². The topological polar surface area (TPSA) is 121 Å². The van der Waals surface area contributed by atoms with Gasteiger partial charge in [0.2, 0.25) is 11.1 Å². The van der Waals surface area contributed by atoms with E-state index in [-0.39, 0.29) is 17.0 Å². The average Bonchev–Trinajstić information content (AvgIpc) is 3.43. The molecule has 29 heavy (non-hydrogen) atoms. The Morgan fingerprint density at radius 3 is 3.00 bits per heavy atom. The number of carbonyl (C=O) groups excluding carboxylic acids is 1. The van der Waals surface area contributed by atoms with Crippen molar-refractivity contribution in [2.24, 2.45) is 7.05 Å². The summed E-state index contributed by atoms with van der Waals surface area (Å²) in [6, 6.07) is 8.81. The third-order valence-corrected chi connectivity index (χ3v) is 5.17. The van der Waals surface area contributed by atoms with Gasteiger partial charge in [-0.3, -0.25) is 4.79 Å². The second-order valence-corrected chi connectivity index (χ2v) is 7.01. The van der Waals surface area contributed by atoms with Gasteiger partial charge in [0.25, 0.3) is 5.91 Å². The highest BCUT2D eigenvalue weighted by atomic mass is 35.5. The number of nitrogens with one attached hydrogen (secondary N) is 1. The molecule has 4 aromatic rings. The lowest BCUT2D eigenvalue weighted by Crippen LogP contribution is -2.42. The van der Waals surface area contributed by atoms with E-state index in [4.69, 9.17) is 11.6 Å². The molecular weight excluding hydrogens is 394 g/mol. The molecule has 0 unspecified atom stereocenters. The summed E-state index contributed by atoms with van der Waals surface area (Å²) in [6.45, 7) is 0.447. The number of nitrogens with zero attached hydrogens (tertiary/aromatic N) is 8. The van der Waals surface area contributed by atoms with Crippen molar-refractivity contribution in [2.45, 2.75) is 12.5 Å². The Labute approximate surface area is 169 Å². The molecule has 1 aliphatic rings. The van der Waals surface area contributed by atoms with E-state index in [1.165, 1.54) is 4.68 Å². The maximum absolute atomic E-state index is 13.3. The lowest BCUT2D eigenvalue weighted by molar-refractivity contribution is 0.0669. The third-order valence-electron chi connectivity index (χ3n) is 5.01. The van der Waals surface area contributed by atoms with E-state index in [0.29, 0.717) is 24.4 Å². The van der Waals surface area contributed by atoms with Crippen LogP contribution in [0.25, 0.3) is 5.52 Å². The molecule has 11 heteroatoms. The average molecular weight is 408 g/mol. The fourth-order valence-corrected chi connectivity index (χ4v) is 3.91. The molecule has 144 valence electrons. The highest BCUT2D eigenvalue weighted by Crippen LogP contribution is 2.34. The number of H-pyrrole nitrogens is 1. The molecule has 0 spiro atoms. The lowest BCUT2D eigenvalue weighted by Gasteiger charge is -2.33. The number of pyridine rings is 1. The van der Waals surface area contributed by atoms with Crippen LogP contribution in [0.4, 0.5) is 0 Å². The largest absolute Gasteiger partial charge is 0.348 e. The Balaban J connectivity index is 1.66. The zero-order chi connectivity index (χ0) is 20.1. The number of hydrogen-bond donors (Lipinski definition) is 1. The number of carbonyl (C=O) groups is 1. The van der Waals surface area contributed by atoms with E-state index in [1.807, 2.05) is 12.1 Å². The van der Waals surface area contributed by atoms with Crippen molar-refractivity contribution in [2.75, 3.05) is 6.54 Å². The first-order chi connectivity index (χ1) is 14.1. The third kappa shape index (κ3) is 2.67. The molecule has 1 atom stereocenters. The molecule has 5 rings (SSSR count). The first-order valence-electron chi connectivity index (χ1n) is 8.85. The second-order valence-electron chi connectivity index (χ2n) is 6.67. The van der Waals surface area contributed by atoms with Gasteiger partial charge in [-0.15, -0.1) is 5.10 Å². The van der Waals surface area contributed by atoms with Crippen molar-refractivity contribution < 1.29 is 4.79 Å². The molecule has 0 aliphatic carbocycles. The Bertz CT molecular complexity index is 1290. The van der Waals surface area contributed by atoms with Crippen molar-refractivity contribution in [3.05, 3.63) is 64.5 Å². The van der Waals surface area contributed by atoms with E-state index in [1.54, 1.807) is 34.9 Å². The molecule has 0 saturated heterocycles. The smallest absolute Gasteiger partial charge is 0.292 e. The molecule has 10 nitrogen and oxygen atoms in total. The molecule has 4 aromatic heterocycles. The fourth-order valence-electron chi connectivity index (χ4n) is 3.72. The number of hydrogen-bond acceptors (Lipinski definition) is 6. The minimum atomic E-state index is -0.528. The Morgan fingerprint density at radius 2 is 2.24 bits per heavy atom. The summed E-state index contributed by atoms with van der Waals surface area (Å²) in [5.74, 6) is -0.177. The first kappa shape index (κ1) is 17.4. The summed E-state index contributed by atoms with van der Waals surface area (Å²) in [6.07, 6.45) is 2.24.